The molecule has 2 amide bonds. The highest BCUT2D eigenvalue weighted by atomic mass is 32.1. The summed E-state index contributed by atoms with van der Waals surface area (Å²) in [6.45, 7) is 5.54. The zero-order valence-corrected chi connectivity index (χ0v) is 16.1. The van der Waals surface area contributed by atoms with E-state index in [2.05, 4.69) is 15.6 Å². The zero-order valence-electron chi connectivity index (χ0n) is 15.3. The largest absolute Gasteiger partial charge is 0.326 e. The molecule has 2 heterocycles. The molecule has 0 saturated heterocycles. The van der Waals surface area contributed by atoms with Gasteiger partial charge in [0.1, 0.15) is 4.83 Å². The number of anilines is 2. The predicted molar refractivity (Wildman–Crippen MR) is 107 cm³/mol. The number of nitrogens with zero attached hydrogens (tertiary/aromatic N) is 2. The molecule has 7 nitrogen and oxygen atoms in total. The molecule has 0 atom stereocenters. The van der Waals surface area contributed by atoms with E-state index in [1.54, 1.807) is 24.3 Å². The van der Waals surface area contributed by atoms with E-state index in [1.807, 2.05) is 13.8 Å². The lowest BCUT2D eigenvalue weighted by Gasteiger charge is -2.09. The van der Waals surface area contributed by atoms with Crippen LogP contribution >= 0.6 is 11.3 Å². The third-order valence-electron chi connectivity index (χ3n) is 4.20. The molecule has 3 rings (SSSR count). The second-order valence-corrected chi connectivity index (χ2v) is 7.47. The van der Waals surface area contributed by atoms with Gasteiger partial charge in [0, 0.05) is 36.1 Å². The molecule has 0 radical (unpaired) electrons. The zero-order chi connectivity index (χ0) is 19.6. The van der Waals surface area contributed by atoms with Crippen molar-refractivity contribution in [3.63, 3.8) is 0 Å². The van der Waals surface area contributed by atoms with Gasteiger partial charge in [-0.05, 0) is 37.6 Å². The SMILES string of the molecule is CC(=O)Nc1cccc(NC(=O)CCn2cnc3sc(C)c(C)c3c2=O)c1. The molecule has 140 valence electrons. The van der Waals surface area contributed by atoms with E-state index >= 15 is 0 Å². The Morgan fingerprint density at radius 3 is 2.59 bits per heavy atom. The van der Waals surface area contributed by atoms with Crippen LogP contribution in [0.15, 0.2) is 35.4 Å². The average molecular weight is 384 g/mol. The van der Waals surface area contributed by atoms with Crippen molar-refractivity contribution in [1.82, 2.24) is 9.55 Å². The lowest BCUT2D eigenvalue weighted by molar-refractivity contribution is -0.116. The summed E-state index contributed by atoms with van der Waals surface area (Å²) in [4.78, 5) is 42.1. The summed E-state index contributed by atoms with van der Waals surface area (Å²) >= 11 is 1.50. The number of nitrogens with one attached hydrogen (secondary N) is 2. The molecule has 0 fully saturated rings. The van der Waals surface area contributed by atoms with Crippen molar-refractivity contribution < 1.29 is 9.59 Å². The third kappa shape index (κ3) is 4.22. The molecule has 1 aromatic carbocycles. The fraction of sp³-hybridized carbons (Fsp3) is 0.263. The molecule has 27 heavy (non-hydrogen) atoms. The summed E-state index contributed by atoms with van der Waals surface area (Å²) in [6.07, 6.45) is 1.63. The Morgan fingerprint density at radius 1 is 1.19 bits per heavy atom. The van der Waals surface area contributed by atoms with Crippen molar-refractivity contribution in [2.45, 2.75) is 33.7 Å². The Kier molecular flexibility index (Phi) is 5.36. The van der Waals surface area contributed by atoms with Gasteiger partial charge in [-0.25, -0.2) is 4.98 Å². The van der Waals surface area contributed by atoms with E-state index in [0.29, 0.717) is 16.8 Å². The highest BCUT2D eigenvalue weighted by Crippen LogP contribution is 2.25. The topological polar surface area (TPSA) is 93.1 Å². The maximum atomic E-state index is 12.6. The van der Waals surface area contributed by atoms with Gasteiger partial charge in [-0.1, -0.05) is 6.07 Å². The quantitative estimate of drug-likeness (QED) is 0.707. The fourth-order valence-corrected chi connectivity index (χ4v) is 3.74. The number of rotatable bonds is 5. The second-order valence-electron chi connectivity index (χ2n) is 6.27. The first kappa shape index (κ1) is 18.8. The maximum absolute atomic E-state index is 12.6. The number of benzene rings is 1. The van der Waals surface area contributed by atoms with E-state index in [4.69, 9.17) is 0 Å². The van der Waals surface area contributed by atoms with Crippen LogP contribution in [0.25, 0.3) is 10.2 Å². The molecular weight excluding hydrogens is 364 g/mol. The normalized spacial score (nSPS) is 10.8. The number of aryl methyl sites for hydroxylation is 3. The van der Waals surface area contributed by atoms with Crippen molar-refractivity contribution >= 4 is 44.7 Å². The molecule has 2 aromatic heterocycles. The summed E-state index contributed by atoms with van der Waals surface area (Å²) in [6, 6.07) is 6.89. The molecule has 2 N–H and O–H groups in total. The molecule has 0 spiro atoms. The van der Waals surface area contributed by atoms with E-state index in [0.717, 1.165) is 15.3 Å². The van der Waals surface area contributed by atoms with Gasteiger partial charge in [0.25, 0.3) is 5.56 Å². The van der Waals surface area contributed by atoms with Crippen molar-refractivity contribution in [3.8, 4) is 0 Å². The second kappa shape index (κ2) is 7.71. The van der Waals surface area contributed by atoms with Gasteiger partial charge in [-0.2, -0.15) is 0 Å². The summed E-state index contributed by atoms with van der Waals surface area (Å²) in [5.41, 5.74) is 2.01. The van der Waals surface area contributed by atoms with Gasteiger partial charge in [0.15, 0.2) is 0 Å². The number of aromatic nitrogens is 2. The maximum Gasteiger partial charge on any atom is 0.262 e. The van der Waals surface area contributed by atoms with E-state index in [-0.39, 0.29) is 30.3 Å². The lowest BCUT2D eigenvalue weighted by Crippen LogP contribution is -2.23. The fourth-order valence-electron chi connectivity index (χ4n) is 2.75. The lowest BCUT2D eigenvalue weighted by atomic mass is 10.2. The Balaban J connectivity index is 1.68. The van der Waals surface area contributed by atoms with Crippen LogP contribution in [0.2, 0.25) is 0 Å². The van der Waals surface area contributed by atoms with Crippen molar-refractivity contribution in [3.05, 3.63) is 51.4 Å². The molecule has 0 saturated carbocycles. The summed E-state index contributed by atoms with van der Waals surface area (Å²) in [5.74, 6) is -0.403. The molecular formula is C19H20N4O3S. The van der Waals surface area contributed by atoms with Crippen molar-refractivity contribution in [2.75, 3.05) is 10.6 Å². The first-order chi connectivity index (χ1) is 12.8. The number of fused-ring (bicyclic) bond motifs is 1. The van der Waals surface area contributed by atoms with Gasteiger partial charge in [0.2, 0.25) is 11.8 Å². The van der Waals surface area contributed by atoms with E-state index in [1.165, 1.54) is 29.2 Å². The summed E-state index contributed by atoms with van der Waals surface area (Å²) in [5, 5.41) is 6.07. The minimum absolute atomic E-state index is 0.123. The minimum atomic E-state index is -0.222. The smallest absolute Gasteiger partial charge is 0.262 e. The Labute approximate surface area is 160 Å². The molecule has 0 unspecified atom stereocenters. The number of thiophene rings is 1. The average Bonchev–Trinajstić information content (AvgIpc) is 2.89. The van der Waals surface area contributed by atoms with E-state index < -0.39 is 0 Å². The molecule has 0 bridgehead atoms. The molecule has 0 aliphatic carbocycles. The monoisotopic (exact) mass is 384 g/mol. The predicted octanol–water partition coefficient (Wildman–Crippen LogP) is 3.06. The van der Waals surface area contributed by atoms with Crippen LogP contribution in [0, 0.1) is 13.8 Å². The first-order valence-corrected chi connectivity index (χ1v) is 9.29. The van der Waals surface area contributed by atoms with Crippen LogP contribution in [0.4, 0.5) is 11.4 Å². The van der Waals surface area contributed by atoms with E-state index in [9.17, 15) is 14.4 Å². The molecule has 0 aliphatic rings. The number of carbonyl (C=O) groups is 2. The molecule has 0 aliphatic heterocycles. The van der Waals surface area contributed by atoms with Crippen LogP contribution in [-0.2, 0) is 16.1 Å². The number of hydrogen-bond acceptors (Lipinski definition) is 5. The standard InChI is InChI=1S/C19H20N4O3S/c1-11-12(2)27-18-17(11)19(26)23(10-20-18)8-7-16(25)22-15-6-4-5-14(9-15)21-13(3)24/h4-6,9-10H,7-8H2,1-3H3,(H,21,24)(H,22,25). The summed E-state index contributed by atoms with van der Waals surface area (Å²) < 4.78 is 1.47. The number of hydrogen-bond donors (Lipinski definition) is 2. The van der Waals surface area contributed by atoms with Crippen molar-refractivity contribution in [1.29, 1.82) is 0 Å². The molecule has 3 aromatic rings. The van der Waals surface area contributed by atoms with Crippen LogP contribution in [0.3, 0.4) is 0 Å². The van der Waals surface area contributed by atoms with Crippen LogP contribution < -0.4 is 16.2 Å². The van der Waals surface area contributed by atoms with Gasteiger partial charge < -0.3 is 10.6 Å². The minimum Gasteiger partial charge on any atom is -0.326 e. The first-order valence-electron chi connectivity index (χ1n) is 8.48. The third-order valence-corrected chi connectivity index (χ3v) is 5.32. The van der Waals surface area contributed by atoms with Gasteiger partial charge in [0.05, 0.1) is 11.7 Å². The highest BCUT2D eigenvalue weighted by Gasteiger charge is 2.13. The molecule has 8 heteroatoms. The van der Waals surface area contributed by atoms with Crippen LogP contribution in [0.5, 0.6) is 0 Å². The number of carbonyl (C=O) groups excluding carboxylic acids is 2. The Morgan fingerprint density at radius 2 is 1.89 bits per heavy atom. The van der Waals surface area contributed by atoms with Crippen LogP contribution in [-0.4, -0.2) is 21.4 Å². The van der Waals surface area contributed by atoms with Crippen molar-refractivity contribution in [2.24, 2.45) is 0 Å². The Bertz CT molecular complexity index is 1080. The summed E-state index contributed by atoms with van der Waals surface area (Å²) in [7, 11) is 0. The number of amides is 2. The Hall–Kier alpha value is -3.00. The van der Waals surface area contributed by atoms with Gasteiger partial charge in [-0.3, -0.25) is 19.0 Å². The van der Waals surface area contributed by atoms with Gasteiger partial charge in [-0.15, -0.1) is 11.3 Å². The van der Waals surface area contributed by atoms with Crippen LogP contribution in [0.1, 0.15) is 23.8 Å². The highest BCUT2D eigenvalue weighted by molar-refractivity contribution is 7.18. The van der Waals surface area contributed by atoms with Gasteiger partial charge >= 0.3 is 0 Å².